The SMILES string of the molecule is COc1cccc(C(=O)N(C)C2CCCN(c3ccccn3)C2)c1. The molecule has 1 amide bonds. The van der Waals surface area contributed by atoms with Gasteiger partial charge in [-0.05, 0) is 43.2 Å². The van der Waals surface area contributed by atoms with Crippen LogP contribution in [0.15, 0.2) is 48.7 Å². The Morgan fingerprint density at radius 3 is 2.92 bits per heavy atom. The first-order chi connectivity index (χ1) is 11.7. The van der Waals surface area contributed by atoms with Gasteiger partial charge in [0, 0.05) is 37.9 Å². The minimum atomic E-state index is 0.0294. The van der Waals surface area contributed by atoms with Crippen LogP contribution in [0.2, 0.25) is 0 Å². The van der Waals surface area contributed by atoms with Crippen molar-refractivity contribution in [2.45, 2.75) is 18.9 Å². The van der Waals surface area contributed by atoms with Crippen LogP contribution in [0.3, 0.4) is 0 Å². The largest absolute Gasteiger partial charge is 0.497 e. The second kappa shape index (κ2) is 7.34. The number of carbonyl (C=O) groups is 1. The number of likely N-dealkylation sites (N-methyl/N-ethyl adjacent to an activating group) is 1. The van der Waals surface area contributed by atoms with Crippen molar-refractivity contribution in [3.05, 3.63) is 54.2 Å². The molecule has 1 fully saturated rings. The van der Waals surface area contributed by atoms with E-state index in [9.17, 15) is 4.79 Å². The van der Waals surface area contributed by atoms with Gasteiger partial charge >= 0.3 is 0 Å². The molecular formula is C19H23N3O2. The van der Waals surface area contributed by atoms with Crippen molar-refractivity contribution in [1.29, 1.82) is 0 Å². The quantitative estimate of drug-likeness (QED) is 0.867. The summed E-state index contributed by atoms with van der Waals surface area (Å²) in [5.41, 5.74) is 0.659. The Labute approximate surface area is 142 Å². The number of piperidine rings is 1. The van der Waals surface area contributed by atoms with E-state index in [1.54, 1.807) is 13.2 Å². The van der Waals surface area contributed by atoms with Crippen molar-refractivity contribution in [2.24, 2.45) is 0 Å². The summed E-state index contributed by atoms with van der Waals surface area (Å²) in [6.07, 6.45) is 3.87. The van der Waals surface area contributed by atoms with E-state index in [0.717, 1.165) is 31.7 Å². The topological polar surface area (TPSA) is 45.7 Å². The molecule has 2 heterocycles. The lowest BCUT2D eigenvalue weighted by Crippen LogP contribution is -2.48. The summed E-state index contributed by atoms with van der Waals surface area (Å²) in [5.74, 6) is 1.71. The normalized spacial score (nSPS) is 17.4. The molecule has 0 radical (unpaired) electrons. The molecule has 2 aromatic rings. The van der Waals surface area contributed by atoms with Crippen molar-refractivity contribution < 1.29 is 9.53 Å². The number of aromatic nitrogens is 1. The Morgan fingerprint density at radius 2 is 2.17 bits per heavy atom. The summed E-state index contributed by atoms with van der Waals surface area (Å²) in [6.45, 7) is 1.79. The molecule has 1 saturated heterocycles. The first kappa shape index (κ1) is 16.3. The summed E-state index contributed by atoms with van der Waals surface area (Å²) in [4.78, 5) is 21.3. The first-order valence-corrected chi connectivity index (χ1v) is 8.26. The number of rotatable bonds is 4. The minimum Gasteiger partial charge on any atom is -0.497 e. The lowest BCUT2D eigenvalue weighted by atomic mass is 10.0. The second-order valence-electron chi connectivity index (χ2n) is 6.08. The van der Waals surface area contributed by atoms with Gasteiger partial charge in [0.05, 0.1) is 7.11 Å². The van der Waals surface area contributed by atoms with Gasteiger partial charge < -0.3 is 14.5 Å². The number of hydrogen-bond acceptors (Lipinski definition) is 4. The highest BCUT2D eigenvalue weighted by molar-refractivity contribution is 5.94. The Kier molecular flexibility index (Phi) is 4.99. The Balaban J connectivity index is 1.71. The smallest absolute Gasteiger partial charge is 0.254 e. The molecular weight excluding hydrogens is 302 g/mol. The van der Waals surface area contributed by atoms with E-state index in [0.29, 0.717) is 11.3 Å². The predicted octanol–water partition coefficient (Wildman–Crippen LogP) is 2.83. The molecule has 1 aliphatic rings. The lowest BCUT2D eigenvalue weighted by molar-refractivity contribution is 0.0717. The van der Waals surface area contributed by atoms with Gasteiger partial charge in [-0.2, -0.15) is 0 Å². The van der Waals surface area contributed by atoms with Gasteiger partial charge in [-0.1, -0.05) is 12.1 Å². The van der Waals surface area contributed by atoms with Gasteiger partial charge in [-0.25, -0.2) is 4.98 Å². The third-order valence-electron chi connectivity index (χ3n) is 4.55. The van der Waals surface area contributed by atoms with Gasteiger partial charge in [0.2, 0.25) is 0 Å². The fourth-order valence-electron chi connectivity index (χ4n) is 3.15. The average molecular weight is 325 g/mol. The number of benzene rings is 1. The number of nitrogens with zero attached hydrogens (tertiary/aromatic N) is 3. The lowest BCUT2D eigenvalue weighted by Gasteiger charge is -2.38. The first-order valence-electron chi connectivity index (χ1n) is 8.26. The van der Waals surface area contributed by atoms with Crippen LogP contribution in [0.4, 0.5) is 5.82 Å². The molecule has 1 aromatic heterocycles. The number of pyridine rings is 1. The van der Waals surface area contributed by atoms with Crippen LogP contribution in [0.25, 0.3) is 0 Å². The van der Waals surface area contributed by atoms with Crippen molar-refractivity contribution in [3.8, 4) is 5.75 Å². The van der Waals surface area contributed by atoms with E-state index in [-0.39, 0.29) is 11.9 Å². The van der Waals surface area contributed by atoms with E-state index in [4.69, 9.17) is 4.74 Å². The van der Waals surface area contributed by atoms with Gasteiger partial charge in [0.25, 0.3) is 5.91 Å². The molecule has 1 unspecified atom stereocenters. The van der Waals surface area contributed by atoms with E-state index in [1.165, 1.54) is 0 Å². The molecule has 0 bridgehead atoms. The maximum Gasteiger partial charge on any atom is 0.254 e. The predicted molar refractivity (Wildman–Crippen MR) is 94.6 cm³/mol. The Hall–Kier alpha value is -2.56. The second-order valence-corrected chi connectivity index (χ2v) is 6.08. The maximum absolute atomic E-state index is 12.8. The van der Waals surface area contributed by atoms with Crippen molar-refractivity contribution in [1.82, 2.24) is 9.88 Å². The van der Waals surface area contributed by atoms with Gasteiger partial charge in [0.1, 0.15) is 11.6 Å². The fourth-order valence-corrected chi connectivity index (χ4v) is 3.15. The summed E-state index contributed by atoms with van der Waals surface area (Å²) in [7, 11) is 3.49. The summed E-state index contributed by atoms with van der Waals surface area (Å²) in [6, 6.07) is 13.4. The zero-order valence-corrected chi connectivity index (χ0v) is 14.2. The zero-order chi connectivity index (χ0) is 16.9. The molecule has 126 valence electrons. The molecule has 0 aliphatic carbocycles. The molecule has 5 heteroatoms. The monoisotopic (exact) mass is 325 g/mol. The number of methoxy groups -OCH3 is 1. The number of amides is 1. The van der Waals surface area contributed by atoms with Crippen molar-refractivity contribution in [3.63, 3.8) is 0 Å². The van der Waals surface area contributed by atoms with Crippen LogP contribution < -0.4 is 9.64 Å². The molecule has 1 aliphatic heterocycles. The highest BCUT2D eigenvalue weighted by Crippen LogP contribution is 2.22. The summed E-state index contributed by atoms with van der Waals surface area (Å²) in [5, 5.41) is 0. The van der Waals surface area contributed by atoms with Crippen LogP contribution in [0.5, 0.6) is 5.75 Å². The molecule has 0 N–H and O–H groups in total. The summed E-state index contributed by atoms with van der Waals surface area (Å²) >= 11 is 0. The number of carbonyl (C=O) groups excluding carboxylic acids is 1. The van der Waals surface area contributed by atoms with Crippen LogP contribution in [-0.2, 0) is 0 Å². The summed E-state index contributed by atoms with van der Waals surface area (Å²) < 4.78 is 5.22. The maximum atomic E-state index is 12.8. The Bertz CT molecular complexity index is 690. The van der Waals surface area contributed by atoms with E-state index in [1.807, 2.05) is 54.5 Å². The van der Waals surface area contributed by atoms with Crippen molar-refractivity contribution >= 4 is 11.7 Å². The van der Waals surface area contributed by atoms with Crippen LogP contribution in [0, 0.1) is 0 Å². The number of hydrogen-bond donors (Lipinski definition) is 0. The Morgan fingerprint density at radius 1 is 1.29 bits per heavy atom. The van der Waals surface area contributed by atoms with Gasteiger partial charge in [0.15, 0.2) is 0 Å². The average Bonchev–Trinajstić information content (AvgIpc) is 2.67. The molecule has 1 aromatic carbocycles. The molecule has 3 rings (SSSR count). The third kappa shape index (κ3) is 3.50. The molecule has 0 saturated carbocycles. The number of anilines is 1. The van der Waals surface area contributed by atoms with Crippen molar-refractivity contribution in [2.75, 3.05) is 32.1 Å². The van der Waals surface area contributed by atoms with Gasteiger partial charge in [-0.15, -0.1) is 0 Å². The third-order valence-corrected chi connectivity index (χ3v) is 4.55. The van der Waals surface area contributed by atoms with Crippen LogP contribution in [-0.4, -0.2) is 49.1 Å². The van der Waals surface area contributed by atoms with Crippen LogP contribution in [0.1, 0.15) is 23.2 Å². The van der Waals surface area contributed by atoms with Crippen LogP contribution >= 0.6 is 0 Å². The molecule has 24 heavy (non-hydrogen) atoms. The van der Waals surface area contributed by atoms with E-state index >= 15 is 0 Å². The highest BCUT2D eigenvalue weighted by atomic mass is 16.5. The van der Waals surface area contributed by atoms with E-state index < -0.39 is 0 Å². The zero-order valence-electron chi connectivity index (χ0n) is 14.2. The molecule has 1 atom stereocenters. The molecule has 5 nitrogen and oxygen atoms in total. The van der Waals surface area contributed by atoms with E-state index in [2.05, 4.69) is 9.88 Å². The highest BCUT2D eigenvalue weighted by Gasteiger charge is 2.27. The number of ether oxygens (including phenoxy) is 1. The standard InChI is InChI=1S/C19H23N3O2/c1-21(19(23)15-7-5-9-17(13-15)24-2)16-8-6-12-22(14-16)18-10-3-4-11-20-18/h3-5,7,9-11,13,16H,6,8,12,14H2,1-2H3. The fraction of sp³-hybridized carbons (Fsp3) is 0.368. The van der Waals surface area contributed by atoms with Gasteiger partial charge in [-0.3, -0.25) is 4.79 Å². The minimum absolute atomic E-state index is 0.0294. The molecule has 0 spiro atoms.